The van der Waals surface area contributed by atoms with Gasteiger partial charge >= 0.3 is 11.9 Å². The van der Waals surface area contributed by atoms with Gasteiger partial charge in [-0.15, -0.1) is 0 Å². The largest absolute Gasteiger partial charge is 0.479 e. The molecule has 0 amide bonds. The number of benzene rings is 2. The number of hydrogen-bond acceptors (Lipinski definition) is 6. The van der Waals surface area contributed by atoms with E-state index in [0.717, 1.165) is 0 Å². The molecule has 0 spiro atoms. The molecule has 8 heteroatoms. The predicted molar refractivity (Wildman–Crippen MR) is 95.2 cm³/mol. The number of ether oxygens (including phenoxy) is 2. The Bertz CT molecular complexity index is 926. The summed E-state index contributed by atoms with van der Waals surface area (Å²) in [5, 5.41) is 17.9. The van der Waals surface area contributed by atoms with Crippen LogP contribution in [0.5, 0.6) is 11.5 Å². The second-order valence-corrected chi connectivity index (χ2v) is 6.27. The molecular weight excluding hydrogens is 368 g/mol. The van der Waals surface area contributed by atoms with Crippen molar-refractivity contribution in [2.75, 3.05) is 0 Å². The van der Waals surface area contributed by atoms with Gasteiger partial charge in [0.1, 0.15) is 11.5 Å². The lowest BCUT2D eigenvalue weighted by molar-refractivity contribution is -0.145. The molecule has 0 aliphatic heterocycles. The highest BCUT2D eigenvalue weighted by molar-refractivity contribution is 6.28. The summed E-state index contributed by atoms with van der Waals surface area (Å²) in [6.45, 7) is 2.70. The van der Waals surface area contributed by atoms with Crippen molar-refractivity contribution < 1.29 is 38.9 Å². The predicted octanol–water partition coefficient (Wildman–Crippen LogP) is 2.17. The van der Waals surface area contributed by atoms with E-state index in [1.165, 1.54) is 50.2 Å². The third-order valence-electron chi connectivity index (χ3n) is 4.28. The Morgan fingerprint density at radius 2 is 1.07 bits per heavy atom. The fraction of sp³-hybridized carbons (Fsp3) is 0.200. The molecule has 0 saturated carbocycles. The fourth-order valence-corrected chi connectivity index (χ4v) is 2.76. The van der Waals surface area contributed by atoms with E-state index in [4.69, 9.17) is 19.7 Å². The number of carboxylic acid groups (broad SMARTS) is 2. The van der Waals surface area contributed by atoms with Crippen molar-refractivity contribution in [3.05, 3.63) is 58.7 Å². The second kappa shape index (κ2) is 7.15. The summed E-state index contributed by atoms with van der Waals surface area (Å²) < 4.78 is 10.5. The molecule has 0 radical (unpaired) electrons. The molecule has 2 N–H and O–H groups in total. The average Bonchev–Trinajstić information content (AvgIpc) is 2.65. The zero-order valence-corrected chi connectivity index (χ0v) is 15.0. The van der Waals surface area contributed by atoms with Crippen LogP contribution in [0.2, 0.25) is 0 Å². The van der Waals surface area contributed by atoms with Gasteiger partial charge < -0.3 is 19.7 Å². The van der Waals surface area contributed by atoms with Crippen molar-refractivity contribution in [2.24, 2.45) is 0 Å². The van der Waals surface area contributed by atoms with Crippen molar-refractivity contribution in [2.45, 2.75) is 26.1 Å². The van der Waals surface area contributed by atoms with Crippen LogP contribution in [0, 0.1) is 0 Å². The lowest BCUT2D eigenvalue weighted by Crippen LogP contribution is -2.25. The van der Waals surface area contributed by atoms with Gasteiger partial charge in [-0.2, -0.15) is 0 Å². The molecule has 1 aliphatic carbocycles. The third kappa shape index (κ3) is 3.44. The number of hydrogen-bond donors (Lipinski definition) is 2. The molecule has 2 aromatic carbocycles. The molecule has 2 unspecified atom stereocenters. The van der Waals surface area contributed by atoms with E-state index in [9.17, 15) is 19.2 Å². The van der Waals surface area contributed by atoms with Gasteiger partial charge in [0, 0.05) is 22.3 Å². The number of rotatable bonds is 6. The van der Waals surface area contributed by atoms with Crippen molar-refractivity contribution in [1.29, 1.82) is 0 Å². The van der Waals surface area contributed by atoms with Crippen molar-refractivity contribution in [1.82, 2.24) is 0 Å². The van der Waals surface area contributed by atoms with Crippen LogP contribution < -0.4 is 9.47 Å². The van der Waals surface area contributed by atoms with Gasteiger partial charge in [0.2, 0.25) is 0 Å². The van der Waals surface area contributed by atoms with E-state index in [1.54, 1.807) is 0 Å². The quantitative estimate of drug-likeness (QED) is 0.662. The van der Waals surface area contributed by atoms with E-state index >= 15 is 0 Å². The Morgan fingerprint density at radius 1 is 0.714 bits per heavy atom. The maximum absolute atomic E-state index is 12.8. The topological polar surface area (TPSA) is 127 Å². The summed E-state index contributed by atoms with van der Waals surface area (Å²) >= 11 is 0. The molecule has 0 heterocycles. The average molecular weight is 384 g/mol. The molecule has 1 aliphatic rings. The first-order valence-corrected chi connectivity index (χ1v) is 8.35. The van der Waals surface area contributed by atoms with Crippen LogP contribution in [-0.4, -0.2) is 45.9 Å². The van der Waals surface area contributed by atoms with Gasteiger partial charge in [-0.05, 0) is 50.2 Å². The molecule has 8 nitrogen and oxygen atoms in total. The van der Waals surface area contributed by atoms with Crippen LogP contribution in [0.15, 0.2) is 36.4 Å². The SMILES string of the molecule is CC(Oc1ccc2c(c1)C(=O)c1ccc(OC(C)C(=O)O)cc1C2=O)C(=O)O. The van der Waals surface area contributed by atoms with Crippen molar-refractivity contribution in [3.63, 3.8) is 0 Å². The normalized spacial score (nSPS) is 14.5. The van der Waals surface area contributed by atoms with Gasteiger partial charge in [-0.25, -0.2) is 9.59 Å². The van der Waals surface area contributed by atoms with Gasteiger partial charge in [0.25, 0.3) is 0 Å². The fourth-order valence-electron chi connectivity index (χ4n) is 2.76. The Labute approximate surface area is 159 Å². The Balaban J connectivity index is 1.96. The Kier molecular flexibility index (Phi) is 4.87. The highest BCUT2D eigenvalue weighted by Gasteiger charge is 2.31. The molecular formula is C20H16O8. The molecule has 3 rings (SSSR count). The smallest absolute Gasteiger partial charge is 0.344 e. The monoisotopic (exact) mass is 384 g/mol. The van der Waals surface area contributed by atoms with E-state index in [1.807, 2.05) is 0 Å². The van der Waals surface area contributed by atoms with E-state index < -0.39 is 35.7 Å². The molecule has 144 valence electrons. The molecule has 2 atom stereocenters. The van der Waals surface area contributed by atoms with Crippen molar-refractivity contribution >= 4 is 23.5 Å². The number of carbonyl (C=O) groups is 4. The molecule has 2 aromatic rings. The van der Waals surface area contributed by atoms with E-state index in [2.05, 4.69) is 0 Å². The van der Waals surface area contributed by atoms with E-state index in [0.29, 0.717) is 0 Å². The van der Waals surface area contributed by atoms with E-state index in [-0.39, 0.29) is 33.8 Å². The summed E-state index contributed by atoms with van der Waals surface area (Å²) in [6, 6.07) is 8.32. The zero-order chi connectivity index (χ0) is 20.6. The molecule has 0 bridgehead atoms. The zero-order valence-electron chi connectivity index (χ0n) is 15.0. The van der Waals surface area contributed by atoms with Gasteiger partial charge in [-0.3, -0.25) is 9.59 Å². The van der Waals surface area contributed by atoms with Gasteiger partial charge in [0.15, 0.2) is 23.8 Å². The first kappa shape index (κ1) is 19.1. The lowest BCUT2D eigenvalue weighted by Gasteiger charge is -2.20. The minimum atomic E-state index is -1.16. The summed E-state index contributed by atoms with van der Waals surface area (Å²) in [7, 11) is 0. The summed E-state index contributed by atoms with van der Waals surface area (Å²) in [5.41, 5.74) is 0.521. The van der Waals surface area contributed by atoms with Crippen LogP contribution >= 0.6 is 0 Å². The minimum absolute atomic E-state index is 0.111. The standard InChI is InChI=1S/C20H16O8/c1-9(19(23)24)27-11-3-5-13-15(7-11)17(21)14-6-4-12(8-16(14)18(13)22)28-10(2)20(25)26/h3-10H,1-2H3,(H,23,24)(H,25,26). The molecule has 0 aromatic heterocycles. The van der Waals surface area contributed by atoms with Gasteiger partial charge in [-0.1, -0.05) is 0 Å². The maximum atomic E-state index is 12.8. The maximum Gasteiger partial charge on any atom is 0.344 e. The molecule has 0 fully saturated rings. The Hall–Kier alpha value is -3.68. The summed E-state index contributed by atoms with van der Waals surface area (Å²) in [5.74, 6) is -2.84. The van der Waals surface area contributed by atoms with Crippen molar-refractivity contribution in [3.8, 4) is 11.5 Å². The van der Waals surface area contributed by atoms with Crippen LogP contribution in [0.1, 0.15) is 45.7 Å². The first-order chi connectivity index (χ1) is 13.2. The summed E-state index contributed by atoms with van der Waals surface area (Å²) in [4.78, 5) is 47.5. The lowest BCUT2D eigenvalue weighted by atomic mass is 9.84. The highest BCUT2D eigenvalue weighted by atomic mass is 16.5. The second-order valence-electron chi connectivity index (χ2n) is 6.27. The first-order valence-electron chi connectivity index (χ1n) is 8.35. The van der Waals surface area contributed by atoms with Gasteiger partial charge in [0.05, 0.1) is 0 Å². The Morgan fingerprint density at radius 3 is 1.39 bits per heavy atom. The third-order valence-corrected chi connectivity index (χ3v) is 4.28. The van der Waals surface area contributed by atoms with Crippen LogP contribution in [0.4, 0.5) is 0 Å². The number of carboxylic acids is 2. The van der Waals surface area contributed by atoms with Crippen LogP contribution in [0.3, 0.4) is 0 Å². The summed E-state index contributed by atoms with van der Waals surface area (Å²) in [6.07, 6.45) is -2.23. The highest BCUT2D eigenvalue weighted by Crippen LogP contribution is 2.32. The number of ketones is 2. The van der Waals surface area contributed by atoms with Crippen LogP contribution in [0.25, 0.3) is 0 Å². The number of aliphatic carboxylic acids is 2. The molecule has 28 heavy (non-hydrogen) atoms. The number of fused-ring (bicyclic) bond motifs is 2. The van der Waals surface area contributed by atoms with Crippen LogP contribution in [-0.2, 0) is 9.59 Å². The number of carbonyl (C=O) groups excluding carboxylic acids is 2. The molecule has 0 saturated heterocycles. The minimum Gasteiger partial charge on any atom is -0.479 e.